The van der Waals surface area contributed by atoms with Gasteiger partial charge in [-0.2, -0.15) is 10.1 Å². The molecule has 0 aliphatic carbocycles. The molecular weight excluding hydrogens is 669 g/mol. The van der Waals surface area contributed by atoms with E-state index in [0.29, 0.717) is 19.0 Å². The van der Waals surface area contributed by atoms with Crippen LogP contribution in [0, 0.1) is 0 Å². The third-order valence-electron chi connectivity index (χ3n) is 11.2. The first-order valence-electron chi connectivity index (χ1n) is 19.4. The minimum atomic E-state index is -0.355. The fraction of sp³-hybridized carbons (Fsp3) is 0.383. The molecule has 0 saturated carbocycles. The van der Waals surface area contributed by atoms with E-state index in [2.05, 4.69) is 126 Å². The minimum Gasteiger partial charge on any atom is -0.472 e. The van der Waals surface area contributed by atoms with Gasteiger partial charge in [-0.3, -0.25) is 9.59 Å². The zero-order chi connectivity index (χ0) is 39.1. The normalized spacial score (nSPS) is 17.3. The number of benzene rings is 3. The Bertz CT molecular complexity index is 1980. The molecule has 5 rings (SSSR count). The first-order chi connectivity index (χ1) is 25.8. The average molecular weight is 727 g/mol. The Hall–Kier alpha value is -5.17. The number of para-hydroxylation sites is 2. The second-order valence-corrected chi connectivity index (χ2v) is 15.9. The van der Waals surface area contributed by atoms with Crippen molar-refractivity contribution in [1.82, 2.24) is 5.32 Å². The molecule has 2 heterocycles. The topological polar surface area (TPSA) is 74.2 Å². The van der Waals surface area contributed by atoms with Crippen molar-refractivity contribution in [1.29, 1.82) is 0 Å². The van der Waals surface area contributed by atoms with Crippen LogP contribution in [0.3, 0.4) is 0 Å². The van der Waals surface area contributed by atoms with Gasteiger partial charge in [0.15, 0.2) is 12.4 Å². The number of nitrogens with one attached hydrogen (secondary N) is 1. The summed E-state index contributed by atoms with van der Waals surface area (Å²) in [6.07, 6.45) is 15.3. The molecule has 3 aromatic rings. The van der Waals surface area contributed by atoms with E-state index in [4.69, 9.17) is 4.74 Å². The van der Waals surface area contributed by atoms with Gasteiger partial charge in [-0.1, -0.05) is 142 Å². The largest absolute Gasteiger partial charge is 0.472 e. The lowest BCUT2D eigenvalue weighted by atomic mass is 9.76. The van der Waals surface area contributed by atoms with Gasteiger partial charge in [0.05, 0.1) is 11.3 Å². The van der Waals surface area contributed by atoms with Crippen LogP contribution in [0.25, 0.3) is 0 Å². The van der Waals surface area contributed by atoms with E-state index >= 15 is 0 Å². The summed E-state index contributed by atoms with van der Waals surface area (Å²) in [5, 5.41) is 8.63. The molecular formula is C47H58N4O3. The van der Waals surface area contributed by atoms with Crippen molar-refractivity contribution >= 4 is 28.9 Å². The van der Waals surface area contributed by atoms with Crippen molar-refractivity contribution in [3.05, 3.63) is 137 Å². The SMILES string of the molecule is CCCCNC(=O)C1=NN(c2ccccc2)C(=O)\C1=C/C=C\C=C\C=C1/N(COc2ccc(C(C)(C)CC)cc2C(C)(C)CC)c2ccccc2C1(C)C. The molecule has 0 saturated heterocycles. The van der Waals surface area contributed by atoms with Crippen molar-refractivity contribution in [3.8, 4) is 5.75 Å². The molecule has 0 spiro atoms. The molecule has 2 aliphatic rings. The van der Waals surface area contributed by atoms with E-state index in [-0.39, 0.29) is 39.3 Å². The van der Waals surface area contributed by atoms with E-state index in [9.17, 15) is 9.59 Å². The maximum absolute atomic E-state index is 13.5. The number of fused-ring (bicyclic) bond motifs is 1. The van der Waals surface area contributed by atoms with Gasteiger partial charge in [0.1, 0.15) is 5.75 Å². The Morgan fingerprint density at radius 1 is 0.852 bits per heavy atom. The van der Waals surface area contributed by atoms with Gasteiger partial charge in [0.2, 0.25) is 0 Å². The van der Waals surface area contributed by atoms with Crippen LogP contribution in [0.2, 0.25) is 0 Å². The summed E-state index contributed by atoms with van der Waals surface area (Å²) in [4.78, 5) is 28.8. The number of anilines is 2. The highest BCUT2D eigenvalue weighted by Gasteiger charge is 2.40. The predicted molar refractivity (Wildman–Crippen MR) is 224 cm³/mol. The Morgan fingerprint density at radius 2 is 1.52 bits per heavy atom. The summed E-state index contributed by atoms with van der Waals surface area (Å²) in [5.74, 6) is 0.222. The molecule has 7 heteroatoms. The second-order valence-electron chi connectivity index (χ2n) is 15.9. The molecule has 0 aromatic heterocycles. The fourth-order valence-electron chi connectivity index (χ4n) is 6.78. The lowest BCUT2D eigenvalue weighted by Gasteiger charge is -2.32. The van der Waals surface area contributed by atoms with Crippen LogP contribution < -0.4 is 20.0 Å². The lowest BCUT2D eigenvalue weighted by Crippen LogP contribution is -2.32. The zero-order valence-corrected chi connectivity index (χ0v) is 33.7. The first kappa shape index (κ1) is 40.0. The van der Waals surface area contributed by atoms with Crippen molar-refractivity contribution in [2.24, 2.45) is 5.10 Å². The maximum atomic E-state index is 13.5. The van der Waals surface area contributed by atoms with Gasteiger partial charge in [0, 0.05) is 28.9 Å². The Labute approximate surface area is 323 Å². The second kappa shape index (κ2) is 16.9. The number of nitrogens with zero attached hydrogens (tertiary/aromatic N) is 3. The van der Waals surface area contributed by atoms with Gasteiger partial charge in [-0.05, 0) is 77.6 Å². The van der Waals surface area contributed by atoms with Crippen LogP contribution in [0.15, 0.2) is 126 Å². The van der Waals surface area contributed by atoms with Crippen molar-refractivity contribution in [2.45, 2.75) is 104 Å². The summed E-state index contributed by atoms with van der Waals surface area (Å²) in [5.41, 5.74) is 6.82. The predicted octanol–water partition coefficient (Wildman–Crippen LogP) is 10.4. The quantitative estimate of drug-likeness (QED) is 0.0961. The number of hydrogen-bond acceptors (Lipinski definition) is 5. The standard InChI is InChI=1S/C47H58N4O3/c1-10-13-31-48-43(52)42-36(44(53)51(49-42)35-23-17-16-18-24-35)25-19-14-15-20-28-41-47(8,9)37-26-21-22-27-39(37)50(41)33-54-40-30-29-34(45(4,5)11-2)32-38(40)46(6,7)12-3/h14-30,32H,10-13,31,33H2,1-9H3,(H,48,52)/b19-14-,20-15+,36-25-,41-28-. The number of carbonyl (C=O) groups excluding carboxylic acids is 2. The third kappa shape index (κ3) is 8.46. The van der Waals surface area contributed by atoms with E-state index < -0.39 is 0 Å². The molecule has 2 amide bonds. The molecule has 284 valence electrons. The van der Waals surface area contributed by atoms with Crippen LogP contribution >= 0.6 is 0 Å². The van der Waals surface area contributed by atoms with Crippen molar-refractivity contribution in [3.63, 3.8) is 0 Å². The minimum absolute atomic E-state index is 0.0468. The third-order valence-corrected chi connectivity index (χ3v) is 11.2. The van der Waals surface area contributed by atoms with Gasteiger partial charge in [-0.15, -0.1) is 0 Å². The molecule has 3 aromatic carbocycles. The Kier molecular flexibility index (Phi) is 12.5. The number of rotatable bonds is 15. The molecule has 0 atom stereocenters. The monoisotopic (exact) mass is 726 g/mol. The highest BCUT2D eigenvalue weighted by Crippen LogP contribution is 2.48. The van der Waals surface area contributed by atoms with Crippen LogP contribution in [-0.2, 0) is 25.8 Å². The van der Waals surface area contributed by atoms with Crippen LogP contribution in [0.4, 0.5) is 11.4 Å². The van der Waals surface area contributed by atoms with Crippen molar-refractivity contribution in [2.75, 3.05) is 23.2 Å². The Balaban J connectivity index is 1.40. The number of carbonyl (C=O) groups is 2. The molecule has 54 heavy (non-hydrogen) atoms. The Morgan fingerprint density at radius 3 is 2.20 bits per heavy atom. The van der Waals surface area contributed by atoms with Gasteiger partial charge >= 0.3 is 0 Å². The summed E-state index contributed by atoms with van der Waals surface area (Å²) in [6, 6.07) is 24.4. The number of allylic oxidation sites excluding steroid dienone is 7. The summed E-state index contributed by atoms with van der Waals surface area (Å²) in [7, 11) is 0. The summed E-state index contributed by atoms with van der Waals surface area (Å²) >= 11 is 0. The molecule has 2 aliphatic heterocycles. The van der Waals surface area contributed by atoms with E-state index in [1.807, 2.05) is 36.4 Å². The average Bonchev–Trinajstić information content (AvgIpc) is 3.61. The number of ether oxygens (including phenoxy) is 1. The van der Waals surface area contributed by atoms with Gasteiger partial charge in [-0.25, -0.2) is 0 Å². The zero-order valence-electron chi connectivity index (χ0n) is 33.7. The van der Waals surface area contributed by atoms with Crippen LogP contribution in [0.1, 0.15) is 105 Å². The number of amides is 2. The number of unbranched alkanes of at least 4 members (excludes halogenated alkanes) is 1. The molecule has 0 radical (unpaired) electrons. The van der Waals surface area contributed by atoms with Gasteiger partial charge in [0.25, 0.3) is 11.8 Å². The summed E-state index contributed by atoms with van der Waals surface area (Å²) in [6.45, 7) is 21.1. The highest BCUT2D eigenvalue weighted by atomic mass is 16.5. The molecule has 0 fully saturated rings. The first-order valence-corrected chi connectivity index (χ1v) is 19.4. The molecule has 0 unspecified atom stereocenters. The lowest BCUT2D eigenvalue weighted by molar-refractivity contribution is -0.116. The van der Waals surface area contributed by atoms with Crippen molar-refractivity contribution < 1.29 is 14.3 Å². The van der Waals surface area contributed by atoms with E-state index in [1.54, 1.807) is 24.3 Å². The molecule has 1 N–H and O–H groups in total. The smallest absolute Gasteiger partial charge is 0.281 e. The molecule has 7 nitrogen and oxygen atoms in total. The van der Waals surface area contributed by atoms with Gasteiger partial charge < -0.3 is 15.0 Å². The van der Waals surface area contributed by atoms with Crippen LogP contribution in [0.5, 0.6) is 5.75 Å². The molecule has 0 bridgehead atoms. The van der Waals surface area contributed by atoms with Crippen LogP contribution in [-0.4, -0.2) is 30.8 Å². The number of hydrogen-bond donors (Lipinski definition) is 1. The number of hydrazone groups is 1. The maximum Gasteiger partial charge on any atom is 0.281 e. The highest BCUT2D eigenvalue weighted by molar-refractivity contribution is 6.54. The fourth-order valence-corrected chi connectivity index (χ4v) is 6.78. The van der Waals surface area contributed by atoms with E-state index in [1.165, 1.54) is 21.7 Å². The summed E-state index contributed by atoms with van der Waals surface area (Å²) < 4.78 is 6.76. The van der Waals surface area contributed by atoms with E-state index in [0.717, 1.165) is 42.8 Å².